The van der Waals surface area contributed by atoms with Crippen LogP contribution in [0, 0.1) is 13.8 Å². The third kappa shape index (κ3) is 4.20. The summed E-state index contributed by atoms with van der Waals surface area (Å²) >= 11 is 3.39. The summed E-state index contributed by atoms with van der Waals surface area (Å²) in [6.07, 6.45) is 0. The van der Waals surface area contributed by atoms with E-state index in [9.17, 15) is 9.59 Å². The van der Waals surface area contributed by atoms with Crippen LogP contribution in [0.5, 0.6) is 0 Å². The Kier molecular flexibility index (Phi) is 5.55. The van der Waals surface area contributed by atoms with Gasteiger partial charge in [-0.2, -0.15) is 0 Å². The summed E-state index contributed by atoms with van der Waals surface area (Å²) in [5.41, 5.74) is 3.41. The molecule has 4 nitrogen and oxygen atoms in total. The minimum absolute atomic E-state index is 0.0254. The molecule has 0 atom stereocenters. The van der Waals surface area contributed by atoms with Crippen LogP contribution in [-0.4, -0.2) is 18.4 Å². The van der Waals surface area contributed by atoms with E-state index in [1.165, 1.54) is 11.8 Å². The summed E-state index contributed by atoms with van der Waals surface area (Å²) < 4.78 is 0.801. The first-order chi connectivity index (χ1) is 10.9. The molecule has 0 aliphatic heterocycles. The van der Waals surface area contributed by atoms with Crippen molar-refractivity contribution in [1.82, 2.24) is 0 Å². The molecule has 0 unspecified atom stereocenters. The zero-order valence-corrected chi connectivity index (χ0v) is 15.0. The van der Waals surface area contributed by atoms with Gasteiger partial charge < -0.3 is 10.2 Å². The lowest BCUT2D eigenvalue weighted by Crippen LogP contribution is -2.37. The van der Waals surface area contributed by atoms with Crippen molar-refractivity contribution in [2.24, 2.45) is 0 Å². The zero-order chi connectivity index (χ0) is 17.0. The molecule has 2 amide bonds. The molecule has 0 aromatic heterocycles. The van der Waals surface area contributed by atoms with Crippen molar-refractivity contribution < 1.29 is 9.59 Å². The molecular formula is C18H19BrN2O2. The van der Waals surface area contributed by atoms with E-state index < -0.39 is 0 Å². The Morgan fingerprint density at radius 1 is 1.04 bits per heavy atom. The molecule has 2 aromatic carbocycles. The fourth-order valence-corrected chi connectivity index (χ4v) is 2.86. The molecule has 120 valence electrons. The highest BCUT2D eigenvalue weighted by molar-refractivity contribution is 9.10. The van der Waals surface area contributed by atoms with Gasteiger partial charge in [-0.1, -0.05) is 30.3 Å². The number of para-hydroxylation sites is 2. The van der Waals surface area contributed by atoms with Crippen molar-refractivity contribution in [1.29, 1.82) is 0 Å². The Labute approximate surface area is 144 Å². The lowest BCUT2D eigenvalue weighted by molar-refractivity contribution is -0.120. The van der Waals surface area contributed by atoms with E-state index in [4.69, 9.17) is 0 Å². The number of nitrogens with zero attached hydrogens (tertiary/aromatic N) is 1. The van der Waals surface area contributed by atoms with Crippen molar-refractivity contribution in [2.75, 3.05) is 16.8 Å². The molecule has 23 heavy (non-hydrogen) atoms. The standard InChI is InChI=1S/C18H19BrN2O2/c1-12-7-6-8-13(2)18(12)21(14(3)22)11-17(23)20-16-10-5-4-9-15(16)19/h4-10H,11H2,1-3H3,(H,20,23). The van der Waals surface area contributed by atoms with E-state index in [1.807, 2.05) is 50.2 Å². The molecule has 5 heteroatoms. The van der Waals surface area contributed by atoms with Gasteiger partial charge in [0.2, 0.25) is 11.8 Å². The molecule has 0 fully saturated rings. The van der Waals surface area contributed by atoms with Crippen molar-refractivity contribution in [3.63, 3.8) is 0 Å². The molecule has 1 N–H and O–H groups in total. The van der Waals surface area contributed by atoms with Gasteiger partial charge >= 0.3 is 0 Å². The molecular weight excluding hydrogens is 356 g/mol. The summed E-state index contributed by atoms with van der Waals surface area (Å²) in [6, 6.07) is 13.2. The molecule has 0 saturated carbocycles. The maximum absolute atomic E-state index is 12.3. The molecule has 0 aliphatic carbocycles. The maximum Gasteiger partial charge on any atom is 0.244 e. The number of carbonyl (C=O) groups is 2. The summed E-state index contributed by atoms with van der Waals surface area (Å²) in [5, 5.41) is 2.82. The Hall–Kier alpha value is -2.14. The van der Waals surface area contributed by atoms with Gasteiger partial charge in [-0.3, -0.25) is 9.59 Å². The second-order valence-corrected chi connectivity index (χ2v) is 6.23. The van der Waals surface area contributed by atoms with E-state index in [0.29, 0.717) is 5.69 Å². The SMILES string of the molecule is CC(=O)N(CC(=O)Nc1ccccc1Br)c1c(C)cccc1C. The fourth-order valence-electron chi connectivity index (χ4n) is 2.48. The first kappa shape index (κ1) is 17.2. The number of hydrogen-bond acceptors (Lipinski definition) is 2. The van der Waals surface area contributed by atoms with Gasteiger partial charge in [0, 0.05) is 11.4 Å². The molecule has 0 heterocycles. The monoisotopic (exact) mass is 374 g/mol. The zero-order valence-electron chi connectivity index (χ0n) is 13.4. The van der Waals surface area contributed by atoms with Crippen LogP contribution < -0.4 is 10.2 Å². The van der Waals surface area contributed by atoms with E-state index in [1.54, 1.807) is 6.07 Å². The first-order valence-corrected chi connectivity index (χ1v) is 8.08. The largest absolute Gasteiger partial charge is 0.324 e. The van der Waals surface area contributed by atoms with E-state index in [-0.39, 0.29) is 18.4 Å². The third-order valence-electron chi connectivity index (χ3n) is 3.54. The van der Waals surface area contributed by atoms with Crippen molar-refractivity contribution >= 4 is 39.1 Å². The number of rotatable bonds is 4. The van der Waals surface area contributed by atoms with Gasteiger partial charge in [0.05, 0.1) is 11.4 Å². The molecule has 0 bridgehead atoms. The van der Waals surface area contributed by atoms with Crippen LogP contribution in [0.2, 0.25) is 0 Å². The van der Waals surface area contributed by atoms with Gasteiger partial charge in [-0.05, 0) is 53.0 Å². The molecule has 2 aromatic rings. The molecule has 2 rings (SSSR count). The number of nitrogens with one attached hydrogen (secondary N) is 1. The quantitative estimate of drug-likeness (QED) is 0.876. The highest BCUT2D eigenvalue weighted by Gasteiger charge is 2.19. The van der Waals surface area contributed by atoms with E-state index in [0.717, 1.165) is 21.3 Å². The van der Waals surface area contributed by atoms with Crippen LogP contribution in [0.25, 0.3) is 0 Å². The second kappa shape index (κ2) is 7.42. The van der Waals surface area contributed by atoms with Crippen molar-refractivity contribution in [3.8, 4) is 0 Å². The molecule has 0 spiro atoms. The van der Waals surface area contributed by atoms with Crippen LogP contribution in [0.4, 0.5) is 11.4 Å². The smallest absolute Gasteiger partial charge is 0.244 e. The first-order valence-electron chi connectivity index (χ1n) is 7.29. The lowest BCUT2D eigenvalue weighted by Gasteiger charge is -2.24. The van der Waals surface area contributed by atoms with Gasteiger partial charge in [0.1, 0.15) is 6.54 Å². The summed E-state index contributed by atoms with van der Waals surface area (Å²) in [5.74, 6) is -0.403. The van der Waals surface area contributed by atoms with Crippen LogP contribution in [0.3, 0.4) is 0 Å². The summed E-state index contributed by atoms with van der Waals surface area (Å²) in [4.78, 5) is 25.9. The molecule has 0 saturated heterocycles. The minimum atomic E-state index is -0.241. The van der Waals surface area contributed by atoms with E-state index in [2.05, 4.69) is 21.2 Å². The third-order valence-corrected chi connectivity index (χ3v) is 4.23. The summed E-state index contributed by atoms with van der Waals surface area (Å²) in [6.45, 7) is 5.31. The van der Waals surface area contributed by atoms with Crippen LogP contribution in [-0.2, 0) is 9.59 Å². The van der Waals surface area contributed by atoms with Gasteiger partial charge in [-0.15, -0.1) is 0 Å². The predicted octanol–water partition coefficient (Wildman–Crippen LogP) is 4.06. The van der Waals surface area contributed by atoms with Crippen LogP contribution in [0.1, 0.15) is 18.1 Å². The fraction of sp³-hybridized carbons (Fsp3) is 0.222. The van der Waals surface area contributed by atoms with Gasteiger partial charge in [0.25, 0.3) is 0 Å². The normalized spacial score (nSPS) is 10.3. The number of anilines is 2. The minimum Gasteiger partial charge on any atom is -0.324 e. The Morgan fingerprint density at radius 2 is 1.65 bits per heavy atom. The number of benzene rings is 2. The number of carbonyl (C=O) groups excluding carboxylic acids is 2. The Morgan fingerprint density at radius 3 is 2.22 bits per heavy atom. The van der Waals surface area contributed by atoms with Crippen LogP contribution in [0.15, 0.2) is 46.9 Å². The topological polar surface area (TPSA) is 49.4 Å². The average Bonchev–Trinajstić information content (AvgIpc) is 2.48. The number of amides is 2. The number of aryl methyl sites for hydroxylation is 2. The van der Waals surface area contributed by atoms with Gasteiger partial charge in [0.15, 0.2) is 0 Å². The lowest BCUT2D eigenvalue weighted by atomic mass is 10.1. The molecule has 0 aliphatic rings. The average molecular weight is 375 g/mol. The highest BCUT2D eigenvalue weighted by atomic mass is 79.9. The molecule has 0 radical (unpaired) electrons. The number of halogens is 1. The van der Waals surface area contributed by atoms with Crippen molar-refractivity contribution in [3.05, 3.63) is 58.1 Å². The maximum atomic E-state index is 12.3. The Bertz CT molecular complexity index is 723. The Balaban J connectivity index is 2.22. The highest BCUT2D eigenvalue weighted by Crippen LogP contribution is 2.25. The number of hydrogen-bond donors (Lipinski definition) is 1. The van der Waals surface area contributed by atoms with Gasteiger partial charge in [-0.25, -0.2) is 0 Å². The second-order valence-electron chi connectivity index (χ2n) is 5.37. The van der Waals surface area contributed by atoms with Crippen LogP contribution >= 0.6 is 15.9 Å². The summed E-state index contributed by atoms with van der Waals surface area (Å²) in [7, 11) is 0. The predicted molar refractivity (Wildman–Crippen MR) is 96.7 cm³/mol. The van der Waals surface area contributed by atoms with E-state index >= 15 is 0 Å². The van der Waals surface area contributed by atoms with Crippen molar-refractivity contribution in [2.45, 2.75) is 20.8 Å².